The van der Waals surface area contributed by atoms with E-state index in [1.165, 1.54) is 0 Å². The van der Waals surface area contributed by atoms with E-state index in [1.807, 2.05) is 25.3 Å². The fourth-order valence-corrected chi connectivity index (χ4v) is 2.42. The van der Waals surface area contributed by atoms with E-state index in [2.05, 4.69) is 20.2 Å². The number of rotatable bonds is 6. The van der Waals surface area contributed by atoms with Crippen molar-refractivity contribution in [3.05, 3.63) is 46.2 Å². The highest BCUT2D eigenvalue weighted by atomic mass is 32.1. The number of aliphatic hydroxyl groups is 1. The first-order valence-corrected chi connectivity index (χ1v) is 6.79. The molecular formula is C13H17N3OS. The van der Waals surface area contributed by atoms with E-state index in [1.54, 1.807) is 17.5 Å². The summed E-state index contributed by atoms with van der Waals surface area (Å²) in [5, 5.41) is 12.3. The van der Waals surface area contributed by atoms with Gasteiger partial charge in [0.1, 0.15) is 0 Å². The molecule has 0 saturated carbocycles. The lowest BCUT2D eigenvalue weighted by molar-refractivity contribution is 0.183. The summed E-state index contributed by atoms with van der Waals surface area (Å²) in [6, 6.07) is 3.98. The predicted molar refractivity (Wildman–Crippen MR) is 72.3 cm³/mol. The molecule has 0 amide bonds. The summed E-state index contributed by atoms with van der Waals surface area (Å²) in [5.41, 5.74) is 2.22. The first-order chi connectivity index (χ1) is 8.78. The summed E-state index contributed by atoms with van der Waals surface area (Å²) in [5.74, 6) is 0. The fourth-order valence-electron chi connectivity index (χ4n) is 1.82. The van der Waals surface area contributed by atoms with E-state index in [9.17, 15) is 0 Å². The van der Waals surface area contributed by atoms with Gasteiger partial charge in [-0.25, -0.2) is 4.98 Å². The molecule has 0 aliphatic carbocycles. The summed E-state index contributed by atoms with van der Waals surface area (Å²) >= 11 is 1.66. The number of hydrogen-bond donors (Lipinski definition) is 1. The third-order valence-electron chi connectivity index (χ3n) is 2.60. The molecule has 2 aromatic rings. The van der Waals surface area contributed by atoms with E-state index < -0.39 is 0 Å². The third kappa shape index (κ3) is 3.87. The van der Waals surface area contributed by atoms with Crippen LogP contribution in [-0.4, -0.2) is 33.1 Å². The number of pyridine rings is 1. The topological polar surface area (TPSA) is 49.2 Å². The van der Waals surface area contributed by atoms with Gasteiger partial charge in [-0.3, -0.25) is 9.88 Å². The van der Waals surface area contributed by atoms with Crippen LogP contribution in [0.25, 0.3) is 0 Å². The molecule has 0 atom stereocenters. The molecule has 0 aliphatic heterocycles. The smallest absolute Gasteiger partial charge is 0.0897 e. The lowest BCUT2D eigenvalue weighted by Crippen LogP contribution is -2.26. The van der Waals surface area contributed by atoms with Gasteiger partial charge in [-0.15, -0.1) is 11.3 Å². The summed E-state index contributed by atoms with van der Waals surface area (Å²) in [7, 11) is 0. The van der Waals surface area contributed by atoms with E-state index in [0.29, 0.717) is 6.54 Å². The monoisotopic (exact) mass is 263 g/mol. The molecule has 0 spiro atoms. The second kappa shape index (κ2) is 6.58. The Kier molecular flexibility index (Phi) is 4.81. The van der Waals surface area contributed by atoms with Gasteiger partial charge < -0.3 is 5.11 Å². The van der Waals surface area contributed by atoms with Crippen molar-refractivity contribution in [3.8, 4) is 0 Å². The Balaban J connectivity index is 1.99. The van der Waals surface area contributed by atoms with Crippen molar-refractivity contribution in [2.75, 3.05) is 13.2 Å². The maximum absolute atomic E-state index is 9.12. The maximum Gasteiger partial charge on any atom is 0.0897 e. The third-order valence-corrected chi connectivity index (χ3v) is 3.42. The number of thiazole rings is 1. The van der Waals surface area contributed by atoms with Crippen molar-refractivity contribution in [1.82, 2.24) is 14.9 Å². The van der Waals surface area contributed by atoms with Crippen LogP contribution in [0.4, 0.5) is 0 Å². The van der Waals surface area contributed by atoms with Gasteiger partial charge in [0.05, 0.1) is 17.3 Å². The summed E-state index contributed by atoms with van der Waals surface area (Å²) in [6.45, 7) is 4.35. The summed E-state index contributed by atoms with van der Waals surface area (Å²) in [6.07, 6.45) is 3.63. The van der Waals surface area contributed by atoms with Crippen LogP contribution in [0, 0.1) is 6.92 Å². The molecule has 2 aromatic heterocycles. The van der Waals surface area contributed by atoms with Crippen LogP contribution in [-0.2, 0) is 13.1 Å². The summed E-state index contributed by atoms with van der Waals surface area (Å²) in [4.78, 5) is 10.7. The van der Waals surface area contributed by atoms with E-state index in [4.69, 9.17) is 5.11 Å². The van der Waals surface area contributed by atoms with Crippen LogP contribution in [0.3, 0.4) is 0 Å². The Morgan fingerprint density at radius 1 is 1.39 bits per heavy atom. The van der Waals surface area contributed by atoms with Crippen molar-refractivity contribution in [3.63, 3.8) is 0 Å². The van der Waals surface area contributed by atoms with Crippen LogP contribution in [0.5, 0.6) is 0 Å². The number of aromatic nitrogens is 2. The van der Waals surface area contributed by atoms with Crippen molar-refractivity contribution in [1.29, 1.82) is 0 Å². The minimum absolute atomic E-state index is 0.156. The van der Waals surface area contributed by atoms with Gasteiger partial charge in [0.25, 0.3) is 0 Å². The average molecular weight is 263 g/mol. The van der Waals surface area contributed by atoms with Crippen LogP contribution in [0.15, 0.2) is 29.9 Å². The number of aliphatic hydroxyl groups excluding tert-OH is 1. The van der Waals surface area contributed by atoms with E-state index >= 15 is 0 Å². The molecule has 0 saturated heterocycles. The van der Waals surface area contributed by atoms with Gasteiger partial charge >= 0.3 is 0 Å². The molecular weight excluding hydrogens is 246 g/mol. The SMILES string of the molecule is Cc1nc(CN(CCO)Cc2cccnc2)cs1. The zero-order valence-electron chi connectivity index (χ0n) is 10.4. The van der Waals surface area contributed by atoms with Crippen molar-refractivity contribution in [2.24, 2.45) is 0 Å². The van der Waals surface area contributed by atoms with Gasteiger partial charge in [0.15, 0.2) is 0 Å². The van der Waals surface area contributed by atoms with Gasteiger partial charge in [0.2, 0.25) is 0 Å². The normalized spacial score (nSPS) is 11.1. The Bertz CT molecular complexity index is 472. The molecule has 2 heterocycles. The average Bonchev–Trinajstić information content (AvgIpc) is 2.76. The molecule has 4 nitrogen and oxygen atoms in total. The van der Waals surface area contributed by atoms with Gasteiger partial charge in [-0.1, -0.05) is 6.07 Å². The van der Waals surface area contributed by atoms with Crippen LogP contribution in [0.2, 0.25) is 0 Å². The van der Waals surface area contributed by atoms with Gasteiger partial charge in [-0.2, -0.15) is 0 Å². The van der Waals surface area contributed by atoms with Crippen molar-refractivity contribution < 1.29 is 5.11 Å². The first kappa shape index (κ1) is 13.1. The molecule has 0 radical (unpaired) electrons. The zero-order chi connectivity index (χ0) is 12.8. The van der Waals surface area contributed by atoms with Crippen molar-refractivity contribution in [2.45, 2.75) is 20.0 Å². The molecule has 1 N–H and O–H groups in total. The zero-order valence-corrected chi connectivity index (χ0v) is 11.2. The van der Waals surface area contributed by atoms with Gasteiger partial charge in [-0.05, 0) is 18.6 Å². The molecule has 5 heteroatoms. The molecule has 96 valence electrons. The minimum atomic E-state index is 0.156. The quantitative estimate of drug-likeness (QED) is 0.864. The molecule has 18 heavy (non-hydrogen) atoms. The molecule has 2 rings (SSSR count). The highest BCUT2D eigenvalue weighted by Gasteiger charge is 2.08. The molecule has 0 fully saturated rings. The standard InChI is InChI=1S/C13H17N3OS/c1-11-15-13(10-18-11)9-16(5-6-17)8-12-3-2-4-14-7-12/h2-4,7,10,17H,5-6,8-9H2,1H3. The lowest BCUT2D eigenvalue weighted by Gasteiger charge is -2.20. The second-order valence-corrected chi connectivity index (χ2v) is 5.22. The Hall–Kier alpha value is -1.30. The first-order valence-electron chi connectivity index (χ1n) is 5.91. The Morgan fingerprint density at radius 3 is 2.89 bits per heavy atom. The van der Waals surface area contributed by atoms with Crippen LogP contribution >= 0.6 is 11.3 Å². The lowest BCUT2D eigenvalue weighted by atomic mass is 10.2. The van der Waals surface area contributed by atoms with Gasteiger partial charge in [0, 0.05) is 37.4 Å². The molecule has 0 bridgehead atoms. The highest BCUT2D eigenvalue weighted by Crippen LogP contribution is 2.12. The van der Waals surface area contributed by atoms with E-state index in [-0.39, 0.29) is 6.61 Å². The predicted octanol–water partition coefficient (Wildman–Crippen LogP) is 1.84. The Labute approximate surface area is 111 Å². The number of hydrogen-bond acceptors (Lipinski definition) is 5. The number of aryl methyl sites for hydroxylation is 1. The number of nitrogens with zero attached hydrogens (tertiary/aromatic N) is 3. The minimum Gasteiger partial charge on any atom is -0.395 e. The Morgan fingerprint density at radius 2 is 2.28 bits per heavy atom. The summed E-state index contributed by atoms with van der Waals surface area (Å²) < 4.78 is 0. The fraction of sp³-hybridized carbons (Fsp3) is 0.385. The van der Waals surface area contributed by atoms with Crippen molar-refractivity contribution >= 4 is 11.3 Å². The largest absolute Gasteiger partial charge is 0.395 e. The molecule has 0 aromatic carbocycles. The van der Waals surface area contributed by atoms with Crippen LogP contribution in [0.1, 0.15) is 16.3 Å². The highest BCUT2D eigenvalue weighted by molar-refractivity contribution is 7.09. The van der Waals surface area contributed by atoms with Crippen LogP contribution < -0.4 is 0 Å². The molecule has 0 unspecified atom stereocenters. The molecule has 0 aliphatic rings. The second-order valence-electron chi connectivity index (χ2n) is 4.15. The van der Waals surface area contributed by atoms with E-state index in [0.717, 1.165) is 29.4 Å². The maximum atomic E-state index is 9.12.